The molecule has 0 atom stereocenters. The van der Waals surface area contributed by atoms with E-state index in [-0.39, 0.29) is 17.9 Å². The van der Waals surface area contributed by atoms with E-state index in [0.717, 1.165) is 5.69 Å². The lowest BCUT2D eigenvalue weighted by molar-refractivity contribution is -0.118. The van der Waals surface area contributed by atoms with Crippen LogP contribution in [0.5, 0.6) is 5.75 Å². The number of hydrogen-bond acceptors (Lipinski definition) is 4. The van der Waals surface area contributed by atoms with Crippen molar-refractivity contribution < 1.29 is 9.53 Å². The molecule has 0 saturated heterocycles. The van der Waals surface area contributed by atoms with Crippen LogP contribution in [0.4, 0.5) is 5.13 Å². The van der Waals surface area contributed by atoms with Crippen molar-refractivity contribution in [3.8, 4) is 5.75 Å². The summed E-state index contributed by atoms with van der Waals surface area (Å²) in [6, 6.07) is 9.26. The topological polar surface area (TPSA) is 51.2 Å². The highest BCUT2D eigenvalue weighted by molar-refractivity contribution is 7.13. The number of carbonyl (C=O) groups is 1. The molecule has 1 N–H and O–H groups in total. The van der Waals surface area contributed by atoms with Crippen LogP contribution < -0.4 is 10.1 Å². The Morgan fingerprint density at radius 3 is 2.60 bits per heavy atom. The first-order chi connectivity index (χ1) is 9.45. The van der Waals surface area contributed by atoms with Crippen molar-refractivity contribution in [2.75, 3.05) is 11.9 Å². The van der Waals surface area contributed by atoms with E-state index in [1.165, 1.54) is 11.3 Å². The molecule has 2 rings (SSSR count). The van der Waals surface area contributed by atoms with Crippen LogP contribution in [-0.4, -0.2) is 17.5 Å². The predicted molar refractivity (Wildman–Crippen MR) is 81.4 cm³/mol. The summed E-state index contributed by atoms with van der Waals surface area (Å²) in [6.07, 6.45) is 0. The highest BCUT2D eigenvalue weighted by atomic mass is 32.1. The van der Waals surface area contributed by atoms with Crippen LogP contribution in [0.3, 0.4) is 0 Å². The van der Waals surface area contributed by atoms with E-state index < -0.39 is 0 Å². The second-order valence-corrected chi connectivity index (χ2v) is 6.30. The fourth-order valence-electron chi connectivity index (χ4n) is 1.50. The zero-order chi connectivity index (χ0) is 14.6. The fraction of sp³-hybridized carbons (Fsp3) is 0.333. The number of hydrogen-bond donors (Lipinski definition) is 1. The summed E-state index contributed by atoms with van der Waals surface area (Å²) >= 11 is 1.43. The van der Waals surface area contributed by atoms with Crippen molar-refractivity contribution in [3.63, 3.8) is 0 Å². The average Bonchev–Trinajstić information content (AvgIpc) is 2.86. The van der Waals surface area contributed by atoms with Crippen LogP contribution in [0.1, 0.15) is 26.5 Å². The van der Waals surface area contributed by atoms with Gasteiger partial charge in [-0.15, -0.1) is 11.3 Å². The molecule has 1 heterocycles. The first-order valence-electron chi connectivity index (χ1n) is 6.39. The summed E-state index contributed by atoms with van der Waals surface area (Å²) in [7, 11) is 0. The van der Waals surface area contributed by atoms with Crippen molar-refractivity contribution in [1.82, 2.24) is 4.98 Å². The Morgan fingerprint density at radius 1 is 1.30 bits per heavy atom. The van der Waals surface area contributed by atoms with Gasteiger partial charge in [0.25, 0.3) is 5.91 Å². The van der Waals surface area contributed by atoms with Crippen molar-refractivity contribution in [2.24, 2.45) is 0 Å². The maximum Gasteiger partial charge on any atom is 0.264 e. The molecule has 5 heteroatoms. The zero-order valence-corrected chi connectivity index (χ0v) is 12.7. The summed E-state index contributed by atoms with van der Waals surface area (Å²) in [5.74, 6) is 0.473. The van der Waals surface area contributed by atoms with Gasteiger partial charge in [0.1, 0.15) is 5.75 Å². The quantitative estimate of drug-likeness (QED) is 0.938. The molecular weight excluding hydrogens is 272 g/mol. The predicted octanol–water partition coefficient (Wildman–Crippen LogP) is 3.46. The van der Waals surface area contributed by atoms with E-state index in [2.05, 4.69) is 31.1 Å². The second-order valence-electron chi connectivity index (χ2n) is 5.44. The van der Waals surface area contributed by atoms with Crippen LogP contribution in [0.15, 0.2) is 35.7 Å². The minimum atomic E-state index is -0.205. The smallest absolute Gasteiger partial charge is 0.264 e. The van der Waals surface area contributed by atoms with E-state index in [0.29, 0.717) is 10.9 Å². The van der Waals surface area contributed by atoms with E-state index in [1.54, 1.807) is 0 Å². The van der Waals surface area contributed by atoms with Gasteiger partial charge in [0.05, 0.1) is 5.69 Å². The van der Waals surface area contributed by atoms with Gasteiger partial charge in [-0.3, -0.25) is 10.1 Å². The first kappa shape index (κ1) is 14.5. The van der Waals surface area contributed by atoms with Crippen molar-refractivity contribution in [2.45, 2.75) is 26.2 Å². The Hall–Kier alpha value is -1.88. The summed E-state index contributed by atoms with van der Waals surface area (Å²) in [5, 5.41) is 5.32. The van der Waals surface area contributed by atoms with Gasteiger partial charge in [-0.2, -0.15) is 0 Å². The SMILES string of the molecule is CC(C)(C)c1csc(NC(=O)COc2ccccc2)n1. The van der Waals surface area contributed by atoms with Crippen LogP contribution in [0.25, 0.3) is 0 Å². The van der Waals surface area contributed by atoms with E-state index in [1.807, 2.05) is 35.7 Å². The average molecular weight is 290 g/mol. The van der Waals surface area contributed by atoms with Gasteiger partial charge in [0.15, 0.2) is 11.7 Å². The minimum absolute atomic E-state index is 0.0139. The molecule has 0 aliphatic heterocycles. The molecule has 106 valence electrons. The molecule has 2 aromatic rings. The number of aromatic nitrogens is 1. The number of carbonyl (C=O) groups excluding carboxylic acids is 1. The Balaban J connectivity index is 1.87. The molecule has 4 nitrogen and oxygen atoms in total. The highest BCUT2D eigenvalue weighted by Gasteiger charge is 2.18. The molecule has 0 saturated carbocycles. The molecule has 0 spiro atoms. The zero-order valence-electron chi connectivity index (χ0n) is 11.8. The summed E-state index contributed by atoms with van der Waals surface area (Å²) in [6.45, 7) is 6.25. The lowest BCUT2D eigenvalue weighted by Crippen LogP contribution is -2.20. The molecular formula is C15H18N2O2S. The number of para-hydroxylation sites is 1. The first-order valence-corrected chi connectivity index (χ1v) is 7.27. The number of benzene rings is 1. The van der Waals surface area contributed by atoms with Crippen molar-refractivity contribution in [1.29, 1.82) is 0 Å². The fourth-order valence-corrected chi connectivity index (χ4v) is 2.45. The third-order valence-electron chi connectivity index (χ3n) is 2.63. The Labute approximate surface area is 122 Å². The highest BCUT2D eigenvalue weighted by Crippen LogP contribution is 2.26. The van der Waals surface area contributed by atoms with E-state index in [4.69, 9.17) is 4.74 Å². The summed E-state index contributed by atoms with van der Waals surface area (Å²) in [5.41, 5.74) is 0.960. The van der Waals surface area contributed by atoms with E-state index in [9.17, 15) is 4.79 Å². The number of thiazole rings is 1. The molecule has 20 heavy (non-hydrogen) atoms. The number of nitrogens with one attached hydrogen (secondary N) is 1. The normalized spacial score (nSPS) is 11.2. The van der Waals surface area contributed by atoms with Gasteiger partial charge >= 0.3 is 0 Å². The number of amides is 1. The van der Waals surface area contributed by atoms with Crippen LogP contribution in [0.2, 0.25) is 0 Å². The summed E-state index contributed by atoms with van der Waals surface area (Å²) < 4.78 is 5.38. The Bertz CT molecular complexity index is 573. The van der Waals surface area contributed by atoms with Gasteiger partial charge in [-0.05, 0) is 12.1 Å². The molecule has 0 aliphatic rings. The molecule has 1 amide bonds. The summed E-state index contributed by atoms with van der Waals surface area (Å²) in [4.78, 5) is 16.2. The maximum atomic E-state index is 11.8. The maximum absolute atomic E-state index is 11.8. The molecule has 1 aromatic carbocycles. The monoisotopic (exact) mass is 290 g/mol. The lowest BCUT2D eigenvalue weighted by atomic mass is 9.93. The van der Waals surface area contributed by atoms with Gasteiger partial charge < -0.3 is 4.74 Å². The van der Waals surface area contributed by atoms with Gasteiger partial charge in [0.2, 0.25) is 0 Å². The molecule has 1 aromatic heterocycles. The van der Waals surface area contributed by atoms with Crippen molar-refractivity contribution in [3.05, 3.63) is 41.4 Å². The number of anilines is 1. The largest absolute Gasteiger partial charge is 0.484 e. The van der Waals surface area contributed by atoms with Crippen LogP contribution in [-0.2, 0) is 10.2 Å². The Kier molecular flexibility index (Phi) is 4.39. The minimum Gasteiger partial charge on any atom is -0.484 e. The Morgan fingerprint density at radius 2 is 2.00 bits per heavy atom. The number of ether oxygens (including phenoxy) is 1. The molecule has 0 unspecified atom stereocenters. The molecule has 0 aliphatic carbocycles. The lowest BCUT2D eigenvalue weighted by Gasteiger charge is -2.14. The standard InChI is InChI=1S/C15H18N2O2S/c1-15(2,3)12-10-20-14(16-12)17-13(18)9-19-11-7-5-4-6-8-11/h4-8,10H,9H2,1-3H3,(H,16,17,18). The van der Waals surface area contributed by atoms with Crippen LogP contribution in [0, 0.1) is 0 Å². The third-order valence-corrected chi connectivity index (χ3v) is 3.39. The van der Waals surface area contributed by atoms with Gasteiger partial charge in [0, 0.05) is 10.8 Å². The third kappa shape index (κ3) is 4.06. The van der Waals surface area contributed by atoms with Crippen molar-refractivity contribution >= 4 is 22.4 Å². The van der Waals surface area contributed by atoms with Crippen LogP contribution >= 0.6 is 11.3 Å². The second kappa shape index (κ2) is 6.05. The molecule has 0 bridgehead atoms. The molecule has 0 fully saturated rings. The van der Waals surface area contributed by atoms with Gasteiger partial charge in [-0.1, -0.05) is 39.0 Å². The molecule has 0 radical (unpaired) electrons. The van der Waals surface area contributed by atoms with E-state index >= 15 is 0 Å². The number of rotatable bonds is 4. The van der Waals surface area contributed by atoms with Gasteiger partial charge in [-0.25, -0.2) is 4.98 Å². The number of nitrogens with zero attached hydrogens (tertiary/aromatic N) is 1.